The molecule has 3 rings (SSSR count). The number of phenolic OH excluding ortho intramolecular Hbond substituents is 1. The van der Waals surface area contributed by atoms with Crippen molar-refractivity contribution < 1.29 is 5.11 Å². The van der Waals surface area contributed by atoms with Crippen LogP contribution in [0.25, 0.3) is 10.8 Å². The summed E-state index contributed by atoms with van der Waals surface area (Å²) in [4.78, 5) is 0. The summed E-state index contributed by atoms with van der Waals surface area (Å²) >= 11 is 9.28. The summed E-state index contributed by atoms with van der Waals surface area (Å²) in [7, 11) is 0. The zero-order valence-electron chi connectivity index (χ0n) is 11.4. The molecule has 3 nitrogen and oxygen atoms in total. The number of nitrogens with zero attached hydrogens (tertiary/aromatic N) is 1. The Morgan fingerprint density at radius 3 is 2.59 bits per heavy atom. The van der Waals surface area contributed by atoms with Gasteiger partial charge in [-0.15, -0.1) is 0 Å². The molecule has 22 heavy (non-hydrogen) atoms. The van der Waals surface area contributed by atoms with Gasteiger partial charge in [0.1, 0.15) is 5.75 Å². The molecule has 0 saturated carbocycles. The van der Waals surface area contributed by atoms with Crippen LogP contribution in [0.4, 0.5) is 5.69 Å². The van der Waals surface area contributed by atoms with E-state index in [9.17, 15) is 5.11 Å². The largest absolute Gasteiger partial charge is 0.507 e. The maximum atomic E-state index is 10.1. The van der Waals surface area contributed by atoms with Crippen LogP contribution >= 0.6 is 27.5 Å². The van der Waals surface area contributed by atoms with Gasteiger partial charge in [0.05, 0.1) is 11.9 Å². The molecule has 0 aliphatic heterocycles. The summed E-state index contributed by atoms with van der Waals surface area (Å²) in [6, 6.07) is 16.7. The van der Waals surface area contributed by atoms with Gasteiger partial charge in [-0.1, -0.05) is 39.7 Å². The van der Waals surface area contributed by atoms with Crippen molar-refractivity contribution in [2.75, 3.05) is 5.43 Å². The van der Waals surface area contributed by atoms with Crippen LogP contribution in [0.1, 0.15) is 5.56 Å². The number of aromatic hydroxyl groups is 1. The average molecular weight is 376 g/mol. The van der Waals surface area contributed by atoms with Crippen molar-refractivity contribution in [2.45, 2.75) is 0 Å². The molecule has 0 radical (unpaired) electrons. The predicted molar refractivity (Wildman–Crippen MR) is 96.0 cm³/mol. The molecule has 0 fully saturated rings. The SMILES string of the molecule is Oc1ccc2cc(Br)ccc2c1/C=N/Nc1ccc(Cl)cc1. The van der Waals surface area contributed by atoms with Crippen molar-refractivity contribution >= 4 is 50.2 Å². The Bertz CT molecular complexity index is 847. The van der Waals surface area contributed by atoms with E-state index < -0.39 is 0 Å². The lowest BCUT2D eigenvalue weighted by atomic mass is 10.0. The van der Waals surface area contributed by atoms with Crippen LogP contribution in [0.15, 0.2) is 64.2 Å². The quantitative estimate of drug-likeness (QED) is 0.475. The summed E-state index contributed by atoms with van der Waals surface area (Å²) in [5.41, 5.74) is 4.41. The van der Waals surface area contributed by atoms with Crippen LogP contribution in [0.3, 0.4) is 0 Å². The number of fused-ring (bicyclic) bond motifs is 1. The molecule has 0 saturated heterocycles. The van der Waals surface area contributed by atoms with Crippen LogP contribution in [-0.2, 0) is 0 Å². The van der Waals surface area contributed by atoms with Crippen LogP contribution < -0.4 is 5.43 Å². The van der Waals surface area contributed by atoms with E-state index in [1.165, 1.54) is 0 Å². The van der Waals surface area contributed by atoms with Gasteiger partial charge in [-0.3, -0.25) is 5.43 Å². The molecule has 0 heterocycles. The van der Waals surface area contributed by atoms with E-state index in [0.29, 0.717) is 10.6 Å². The summed E-state index contributed by atoms with van der Waals surface area (Å²) in [5, 5.41) is 16.9. The maximum absolute atomic E-state index is 10.1. The summed E-state index contributed by atoms with van der Waals surface area (Å²) in [6.07, 6.45) is 1.61. The minimum Gasteiger partial charge on any atom is -0.507 e. The number of halogens is 2. The van der Waals surface area contributed by atoms with Gasteiger partial charge < -0.3 is 5.11 Å². The predicted octanol–water partition coefficient (Wildman–Crippen LogP) is 5.41. The smallest absolute Gasteiger partial charge is 0.125 e. The Morgan fingerprint density at radius 2 is 1.82 bits per heavy atom. The molecular formula is C17H12BrClN2O. The number of hydrogen-bond donors (Lipinski definition) is 2. The van der Waals surface area contributed by atoms with Gasteiger partial charge in [-0.25, -0.2) is 0 Å². The molecule has 0 aliphatic rings. The van der Waals surface area contributed by atoms with Gasteiger partial charge in [0.2, 0.25) is 0 Å². The molecule has 0 aromatic heterocycles. The second-order valence-corrected chi connectivity index (χ2v) is 6.09. The molecule has 3 aromatic carbocycles. The number of nitrogens with one attached hydrogen (secondary N) is 1. The molecule has 5 heteroatoms. The third-order valence-electron chi connectivity index (χ3n) is 3.23. The van der Waals surface area contributed by atoms with E-state index in [0.717, 1.165) is 20.9 Å². The van der Waals surface area contributed by atoms with Crippen LogP contribution in [0, 0.1) is 0 Å². The maximum Gasteiger partial charge on any atom is 0.125 e. The Morgan fingerprint density at radius 1 is 1.05 bits per heavy atom. The van der Waals surface area contributed by atoms with E-state index in [4.69, 9.17) is 11.6 Å². The van der Waals surface area contributed by atoms with Gasteiger partial charge in [-0.2, -0.15) is 5.10 Å². The van der Waals surface area contributed by atoms with Crippen molar-refractivity contribution in [3.05, 3.63) is 69.7 Å². The number of rotatable bonds is 3. The first-order valence-electron chi connectivity index (χ1n) is 6.59. The second kappa shape index (κ2) is 6.38. The number of anilines is 1. The summed E-state index contributed by atoms with van der Waals surface area (Å²) in [5.74, 6) is 0.191. The molecule has 2 N–H and O–H groups in total. The first-order chi connectivity index (χ1) is 10.6. The third-order valence-corrected chi connectivity index (χ3v) is 3.98. The molecule has 0 bridgehead atoms. The average Bonchev–Trinajstić information content (AvgIpc) is 2.51. The first kappa shape index (κ1) is 14.9. The molecule has 0 aliphatic carbocycles. The molecule has 0 spiro atoms. The van der Waals surface area contributed by atoms with Crippen molar-refractivity contribution in [2.24, 2.45) is 5.10 Å². The fourth-order valence-corrected chi connectivity index (χ4v) is 2.65. The molecule has 3 aromatic rings. The highest BCUT2D eigenvalue weighted by Crippen LogP contribution is 2.28. The Labute approximate surface area is 141 Å². The van der Waals surface area contributed by atoms with Crippen LogP contribution in [0.2, 0.25) is 5.02 Å². The van der Waals surface area contributed by atoms with Crippen LogP contribution in [-0.4, -0.2) is 11.3 Å². The fraction of sp³-hybridized carbons (Fsp3) is 0. The number of hydrazone groups is 1. The highest BCUT2D eigenvalue weighted by Gasteiger charge is 2.05. The first-order valence-corrected chi connectivity index (χ1v) is 7.76. The number of phenols is 1. The summed E-state index contributed by atoms with van der Waals surface area (Å²) in [6.45, 7) is 0. The monoisotopic (exact) mass is 374 g/mol. The van der Waals surface area contributed by atoms with Crippen molar-refractivity contribution in [1.82, 2.24) is 0 Å². The molecular weight excluding hydrogens is 364 g/mol. The molecule has 0 atom stereocenters. The third kappa shape index (κ3) is 3.24. The van der Waals surface area contributed by atoms with Gasteiger partial charge in [0.25, 0.3) is 0 Å². The number of benzene rings is 3. The van der Waals surface area contributed by atoms with Crippen molar-refractivity contribution in [3.63, 3.8) is 0 Å². The zero-order chi connectivity index (χ0) is 15.5. The molecule has 0 amide bonds. The second-order valence-electron chi connectivity index (χ2n) is 4.74. The van der Waals surface area contributed by atoms with Crippen molar-refractivity contribution in [1.29, 1.82) is 0 Å². The standard InChI is InChI=1S/C17H12BrClN2O/c18-12-2-7-15-11(9-12)1-8-17(22)16(15)10-20-21-14-5-3-13(19)4-6-14/h1-10,21-22H/b20-10+. The van der Waals surface area contributed by atoms with Gasteiger partial charge in [-0.05, 0) is 53.2 Å². The van der Waals surface area contributed by atoms with E-state index in [2.05, 4.69) is 26.5 Å². The highest BCUT2D eigenvalue weighted by molar-refractivity contribution is 9.10. The highest BCUT2D eigenvalue weighted by atomic mass is 79.9. The molecule has 0 unspecified atom stereocenters. The Kier molecular flexibility index (Phi) is 4.32. The zero-order valence-corrected chi connectivity index (χ0v) is 13.8. The van der Waals surface area contributed by atoms with Gasteiger partial charge in [0, 0.05) is 15.1 Å². The van der Waals surface area contributed by atoms with E-state index in [-0.39, 0.29) is 5.75 Å². The normalized spacial score (nSPS) is 11.2. The minimum atomic E-state index is 0.191. The van der Waals surface area contributed by atoms with Gasteiger partial charge >= 0.3 is 0 Å². The lowest BCUT2D eigenvalue weighted by Crippen LogP contribution is -1.92. The summed E-state index contributed by atoms with van der Waals surface area (Å²) < 4.78 is 0.993. The Balaban J connectivity index is 1.91. The van der Waals surface area contributed by atoms with Crippen LogP contribution in [0.5, 0.6) is 5.75 Å². The van der Waals surface area contributed by atoms with Gasteiger partial charge in [0.15, 0.2) is 0 Å². The topological polar surface area (TPSA) is 44.6 Å². The Hall–Kier alpha value is -2.04. The number of hydrogen-bond acceptors (Lipinski definition) is 3. The fourth-order valence-electron chi connectivity index (χ4n) is 2.14. The van der Waals surface area contributed by atoms with E-state index >= 15 is 0 Å². The van der Waals surface area contributed by atoms with E-state index in [1.54, 1.807) is 24.4 Å². The van der Waals surface area contributed by atoms with Crippen molar-refractivity contribution in [3.8, 4) is 5.75 Å². The lowest BCUT2D eigenvalue weighted by Gasteiger charge is -2.06. The lowest BCUT2D eigenvalue weighted by molar-refractivity contribution is 0.475. The molecule has 110 valence electrons. The minimum absolute atomic E-state index is 0.191. The van der Waals surface area contributed by atoms with E-state index in [1.807, 2.05) is 36.4 Å².